The molecule has 11 heavy (non-hydrogen) atoms. The van der Waals surface area contributed by atoms with E-state index >= 15 is 0 Å². The number of halogens is 1. The van der Waals surface area contributed by atoms with Crippen LogP contribution in [0.1, 0.15) is 24.0 Å². The number of hydrogen-bond acceptors (Lipinski definition) is 0. The summed E-state index contributed by atoms with van der Waals surface area (Å²) in [5, 5.41) is 0. The van der Waals surface area contributed by atoms with E-state index in [1.165, 1.54) is 11.6 Å². The van der Waals surface area contributed by atoms with E-state index in [-0.39, 0.29) is 5.82 Å². The van der Waals surface area contributed by atoms with Crippen molar-refractivity contribution in [3.8, 4) is 0 Å². The SMILES string of the molecule is Fc1ccc2c(c1)CCC[CH]2. The van der Waals surface area contributed by atoms with Crippen molar-refractivity contribution in [1.82, 2.24) is 0 Å². The van der Waals surface area contributed by atoms with Crippen LogP contribution in [0.15, 0.2) is 18.2 Å². The maximum absolute atomic E-state index is 12.7. The predicted octanol–water partition coefficient (Wildman–Crippen LogP) is 2.71. The molecule has 1 aromatic carbocycles. The Balaban J connectivity index is 2.43. The second-order valence-electron chi connectivity index (χ2n) is 2.94. The summed E-state index contributed by atoms with van der Waals surface area (Å²) in [6, 6.07) is 5.04. The monoisotopic (exact) mass is 149 g/mol. The smallest absolute Gasteiger partial charge is 0.123 e. The van der Waals surface area contributed by atoms with Gasteiger partial charge in [0.25, 0.3) is 0 Å². The first-order chi connectivity index (χ1) is 5.36. The molecule has 2 rings (SSSR count). The molecule has 0 fully saturated rings. The van der Waals surface area contributed by atoms with Crippen molar-refractivity contribution in [2.24, 2.45) is 0 Å². The number of rotatable bonds is 0. The maximum atomic E-state index is 12.7. The normalized spacial score (nSPS) is 16.1. The van der Waals surface area contributed by atoms with Crippen molar-refractivity contribution in [3.63, 3.8) is 0 Å². The van der Waals surface area contributed by atoms with E-state index in [9.17, 15) is 4.39 Å². The zero-order chi connectivity index (χ0) is 7.68. The van der Waals surface area contributed by atoms with Crippen LogP contribution in [0.25, 0.3) is 0 Å². The first-order valence-corrected chi connectivity index (χ1v) is 3.98. The van der Waals surface area contributed by atoms with E-state index in [1.807, 2.05) is 6.07 Å². The van der Waals surface area contributed by atoms with Crippen LogP contribution in [0.3, 0.4) is 0 Å². The molecule has 0 nitrogen and oxygen atoms in total. The summed E-state index contributed by atoms with van der Waals surface area (Å²) < 4.78 is 12.7. The Labute approximate surface area is 66.1 Å². The summed E-state index contributed by atoms with van der Waals surface area (Å²) in [5.74, 6) is -0.112. The van der Waals surface area contributed by atoms with Crippen LogP contribution < -0.4 is 0 Å². The minimum atomic E-state index is -0.112. The first kappa shape index (κ1) is 6.84. The van der Waals surface area contributed by atoms with Crippen LogP contribution in [0.4, 0.5) is 4.39 Å². The fourth-order valence-corrected chi connectivity index (χ4v) is 1.54. The number of aryl methyl sites for hydroxylation is 1. The Morgan fingerprint density at radius 3 is 3.09 bits per heavy atom. The van der Waals surface area contributed by atoms with Crippen molar-refractivity contribution in [2.45, 2.75) is 19.3 Å². The van der Waals surface area contributed by atoms with Crippen LogP contribution >= 0.6 is 0 Å². The highest BCUT2D eigenvalue weighted by atomic mass is 19.1. The summed E-state index contributed by atoms with van der Waals surface area (Å²) in [7, 11) is 0. The third-order valence-electron chi connectivity index (χ3n) is 2.12. The molecule has 1 aliphatic carbocycles. The quantitative estimate of drug-likeness (QED) is 0.532. The van der Waals surface area contributed by atoms with E-state index in [2.05, 4.69) is 6.42 Å². The van der Waals surface area contributed by atoms with Gasteiger partial charge in [-0.05, 0) is 48.9 Å². The summed E-state index contributed by atoms with van der Waals surface area (Å²) in [6.45, 7) is 0. The minimum absolute atomic E-state index is 0.112. The molecule has 0 aromatic heterocycles. The largest absolute Gasteiger partial charge is 0.207 e. The van der Waals surface area contributed by atoms with E-state index in [0.717, 1.165) is 24.8 Å². The summed E-state index contributed by atoms with van der Waals surface area (Å²) >= 11 is 0. The van der Waals surface area contributed by atoms with Gasteiger partial charge in [-0.3, -0.25) is 0 Å². The van der Waals surface area contributed by atoms with Gasteiger partial charge in [0, 0.05) is 0 Å². The van der Waals surface area contributed by atoms with Gasteiger partial charge >= 0.3 is 0 Å². The fraction of sp³-hybridized carbons (Fsp3) is 0.300. The van der Waals surface area contributed by atoms with Gasteiger partial charge in [0.15, 0.2) is 0 Å². The molecule has 1 radical (unpaired) electrons. The molecule has 0 amide bonds. The van der Waals surface area contributed by atoms with E-state index in [1.54, 1.807) is 6.07 Å². The molecular weight excluding hydrogens is 139 g/mol. The van der Waals surface area contributed by atoms with Gasteiger partial charge in [-0.15, -0.1) is 0 Å². The highest BCUT2D eigenvalue weighted by Gasteiger charge is 2.08. The third kappa shape index (κ3) is 1.28. The second-order valence-corrected chi connectivity index (χ2v) is 2.94. The standard InChI is InChI=1S/C10H10F/c11-10-6-5-8-3-1-2-4-9(8)7-10/h3,5-7H,1-2,4H2. The van der Waals surface area contributed by atoms with Crippen LogP contribution in [0, 0.1) is 12.2 Å². The molecule has 1 heteroatoms. The molecule has 1 aliphatic rings. The Kier molecular flexibility index (Phi) is 1.65. The van der Waals surface area contributed by atoms with Gasteiger partial charge in [0.05, 0.1) is 0 Å². The molecule has 0 N–H and O–H groups in total. The van der Waals surface area contributed by atoms with Gasteiger partial charge < -0.3 is 0 Å². The highest BCUT2D eigenvalue weighted by molar-refractivity contribution is 5.35. The van der Waals surface area contributed by atoms with Crippen LogP contribution in [-0.2, 0) is 6.42 Å². The zero-order valence-corrected chi connectivity index (χ0v) is 6.31. The van der Waals surface area contributed by atoms with Gasteiger partial charge in [-0.2, -0.15) is 0 Å². The molecule has 0 bridgehead atoms. The van der Waals surface area contributed by atoms with Crippen molar-refractivity contribution in [3.05, 3.63) is 41.6 Å². The van der Waals surface area contributed by atoms with Crippen molar-refractivity contribution >= 4 is 0 Å². The van der Waals surface area contributed by atoms with Crippen molar-refractivity contribution in [2.75, 3.05) is 0 Å². The number of fused-ring (bicyclic) bond motifs is 1. The Morgan fingerprint density at radius 2 is 2.18 bits per heavy atom. The van der Waals surface area contributed by atoms with Crippen LogP contribution in [0.2, 0.25) is 0 Å². The lowest BCUT2D eigenvalue weighted by atomic mass is 9.92. The molecule has 0 saturated carbocycles. The van der Waals surface area contributed by atoms with Gasteiger partial charge in [-0.25, -0.2) is 4.39 Å². The van der Waals surface area contributed by atoms with Gasteiger partial charge in [0.2, 0.25) is 0 Å². The topological polar surface area (TPSA) is 0 Å². The van der Waals surface area contributed by atoms with Crippen molar-refractivity contribution < 1.29 is 4.39 Å². The summed E-state index contributed by atoms with van der Waals surface area (Å²) in [4.78, 5) is 0. The van der Waals surface area contributed by atoms with Crippen LogP contribution in [0.5, 0.6) is 0 Å². The van der Waals surface area contributed by atoms with Gasteiger partial charge in [-0.1, -0.05) is 6.07 Å². The Hall–Kier alpha value is -0.850. The molecular formula is C10H10F. The zero-order valence-electron chi connectivity index (χ0n) is 6.31. The van der Waals surface area contributed by atoms with Gasteiger partial charge in [0.1, 0.15) is 5.82 Å². The molecule has 57 valence electrons. The Morgan fingerprint density at radius 1 is 1.27 bits per heavy atom. The predicted molar refractivity (Wildman–Crippen MR) is 42.7 cm³/mol. The van der Waals surface area contributed by atoms with E-state index in [0.29, 0.717) is 0 Å². The Bertz CT molecular complexity index is 266. The lowest BCUT2D eigenvalue weighted by Gasteiger charge is -2.14. The first-order valence-electron chi connectivity index (χ1n) is 3.98. The molecule has 0 spiro atoms. The molecule has 0 unspecified atom stereocenters. The number of benzene rings is 1. The maximum Gasteiger partial charge on any atom is 0.123 e. The molecule has 0 saturated heterocycles. The van der Waals surface area contributed by atoms with E-state index < -0.39 is 0 Å². The molecule has 0 atom stereocenters. The van der Waals surface area contributed by atoms with Crippen molar-refractivity contribution in [1.29, 1.82) is 0 Å². The molecule has 1 aromatic rings. The molecule has 0 heterocycles. The van der Waals surface area contributed by atoms with Crippen LogP contribution in [-0.4, -0.2) is 0 Å². The lowest BCUT2D eigenvalue weighted by Crippen LogP contribution is -2.00. The highest BCUT2D eigenvalue weighted by Crippen LogP contribution is 2.22. The average molecular weight is 149 g/mol. The summed E-state index contributed by atoms with van der Waals surface area (Å²) in [5.41, 5.74) is 2.38. The second kappa shape index (κ2) is 2.65. The average Bonchev–Trinajstić information content (AvgIpc) is 2.04. The number of hydrogen-bond donors (Lipinski definition) is 0. The third-order valence-corrected chi connectivity index (χ3v) is 2.12. The lowest BCUT2D eigenvalue weighted by molar-refractivity contribution is 0.621. The minimum Gasteiger partial charge on any atom is -0.207 e. The molecule has 0 aliphatic heterocycles. The fourth-order valence-electron chi connectivity index (χ4n) is 1.54. The van der Waals surface area contributed by atoms with E-state index in [4.69, 9.17) is 0 Å². The summed E-state index contributed by atoms with van der Waals surface area (Å²) in [6.07, 6.45) is 5.51.